The van der Waals surface area contributed by atoms with Crippen molar-refractivity contribution in [2.45, 2.75) is 52.2 Å². The standard InChI is InChI=1S/C28H34ClNO3/c1-18-21(12-9-17-30(5)6)22-10-7-8-11-23(22)25(19-13-15-20(29)16-14-19)24(18)26(27(31)32)33-28(2,3)4/h7-8,10-11,13-16,26H,9,12,17H2,1-6H3,(H,31,32). The summed E-state index contributed by atoms with van der Waals surface area (Å²) in [6.45, 7) is 8.66. The van der Waals surface area contributed by atoms with Crippen LogP contribution in [0.4, 0.5) is 0 Å². The number of halogens is 1. The maximum Gasteiger partial charge on any atom is 0.337 e. The third-order valence-electron chi connectivity index (χ3n) is 5.77. The highest BCUT2D eigenvalue weighted by molar-refractivity contribution is 6.30. The van der Waals surface area contributed by atoms with Gasteiger partial charge in [-0.1, -0.05) is 48.0 Å². The fourth-order valence-corrected chi connectivity index (χ4v) is 4.52. The molecule has 1 unspecified atom stereocenters. The molecule has 0 saturated heterocycles. The molecule has 0 radical (unpaired) electrons. The summed E-state index contributed by atoms with van der Waals surface area (Å²) in [5, 5.41) is 13.1. The Balaban J connectivity index is 2.37. The maximum absolute atomic E-state index is 12.6. The van der Waals surface area contributed by atoms with Crippen molar-refractivity contribution in [3.8, 4) is 11.1 Å². The van der Waals surface area contributed by atoms with Crippen LogP contribution in [0.2, 0.25) is 5.02 Å². The summed E-state index contributed by atoms with van der Waals surface area (Å²) in [7, 11) is 4.13. The largest absolute Gasteiger partial charge is 0.479 e. The van der Waals surface area contributed by atoms with Gasteiger partial charge in [-0.3, -0.25) is 0 Å². The van der Waals surface area contributed by atoms with E-state index < -0.39 is 17.7 Å². The molecule has 4 nitrogen and oxygen atoms in total. The van der Waals surface area contributed by atoms with Crippen molar-refractivity contribution in [1.82, 2.24) is 4.90 Å². The number of ether oxygens (including phenoxy) is 1. The van der Waals surface area contributed by atoms with Gasteiger partial charge in [-0.25, -0.2) is 4.79 Å². The fourth-order valence-electron chi connectivity index (χ4n) is 4.40. The molecule has 0 bridgehead atoms. The number of carboxylic acid groups (broad SMARTS) is 1. The van der Waals surface area contributed by atoms with Crippen molar-refractivity contribution in [2.75, 3.05) is 20.6 Å². The number of carbonyl (C=O) groups is 1. The Morgan fingerprint density at radius 2 is 1.67 bits per heavy atom. The van der Waals surface area contributed by atoms with E-state index in [4.69, 9.17) is 16.3 Å². The van der Waals surface area contributed by atoms with E-state index in [0.717, 1.165) is 52.4 Å². The molecule has 1 N–H and O–H groups in total. The van der Waals surface area contributed by atoms with Gasteiger partial charge in [0.1, 0.15) is 0 Å². The number of hydrogen-bond acceptors (Lipinski definition) is 3. The Kier molecular flexibility index (Phi) is 7.84. The first-order valence-corrected chi connectivity index (χ1v) is 11.7. The molecule has 1 atom stereocenters. The van der Waals surface area contributed by atoms with Crippen LogP contribution in [0.1, 0.15) is 50.0 Å². The molecule has 0 aliphatic rings. The maximum atomic E-state index is 12.6. The summed E-state index contributed by atoms with van der Waals surface area (Å²) in [6, 6.07) is 15.9. The minimum atomic E-state index is -1.09. The van der Waals surface area contributed by atoms with Crippen LogP contribution < -0.4 is 0 Å². The van der Waals surface area contributed by atoms with Crippen LogP contribution in [-0.4, -0.2) is 42.2 Å². The summed E-state index contributed by atoms with van der Waals surface area (Å²) < 4.78 is 6.16. The molecule has 33 heavy (non-hydrogen) atoms. The van der Waals surface area contributed by atoms with E-state index in [2.05, 4.69) is 31.1 Å². The normalized spacial score (nSPS) is 13.0. The molecular formula is C28H34ClNO3. The van der Waals surface area contributed by atoms with Crippen LogP contribution in [0, 0.1) is 6.92 Å². The molecule has 0 heterocycles. The van der Waals surface area contributed by atoms with Crippen molar-refractivity contribution in [2.24, 2.45) is 0 Å². The van der Waals surface area contributed by atoms with E-state index in [0.29, 0.717) is 5.02 Å². The lowest BCUT2D eigenvalue weighted by molar-refractivity contribution is -0.160. The Hall–Kier alpha value is -2.40. The molecule has 5 heteroatoms. The predicted octanol–water partition coefficient (Wildman–Crippen LogP) is 6.90. The Morgan fingerprint density at radius 1 is 1.06 bits per heavy atom. The molecule has 0 aromatic heterocycles. The lowest BCUT2D eigenvalue weighted by atomic mass is 9.83. The van der Waals surface area contributed by atoms with Gasteiger partial charge in [0.05, 0.1) is 5.60 Å². The van der Waals surface area contributed by atoms with Crippen LogP contribution >= 0.6 is 11.6 Å². The summed E-state index contributed by atoms with van der Waals surface area (Å²) in [5.41, 5.74) is 4.09. The molecule has 3 rings (SSSR count). The summed E-state index contributed by atoms with van der Waals surface area (Å²) in [6.07, 6.45) is 0.753. The van der Waals surface area contributed by atoms with Gasteiger partial charge >= 0.3 is 5.97 Å². The van der Waals surface area contributed by atoms with E-state index in [1.807, 2.05) is 64.1 Å². The molecule has 3 aromatic rings. The number of benzene rings is 3. The zero-order chi connectivity index (χ0) is 24.3. The number of aryl methyl sites for hydroxylation is 1. The average Bonchev–Trinajstić information content (AvgIpc) is 2.73. The highest BCUT2D eigenvalue weighted by atomic mass is 35.5. The average molecular weight is 468 g/mol. The minimum Gasteiger partial charge on any atom is -0.479 e. The number of hydrogen-bond donors (Lipinski definition) is 1. The monoisotopic (exact) mass is 467 g/mol. The van der Waals surface area contributed by atoms with E-state index in [1.165, 1.54) is 5.56 Å². The zero-order valence-corrected chi connectivity index (χ0v) is 21.2. The quantitative estimate of drug-likeness (QED) is 0.391. The Labute approximate surface area is 202 Å². The van der Waals surface area contributed by atoms with Crippen molar-refractivity contribution >= 4 is 28.3 Å². The Bertz CT molecular complexity index is 1130. The molecule has 176 valence electrons. The zero-order valence-electron chi connectivity index (χ0n) is 20.4. The first-order chi connectivity index (χ1) is 15.5. The van der Waals surface area contributed by atoms with Crippen molar-refractivity contribution in [3.63, 3.8) is 0 Å². The van der Waals surface area contributed by atoms with Gasteiger partial charge in [-0.15, -0.1) is 0 Å². The van der Waals surface area contributed by atoms with Crippen molar-refractivity contribution < 1.29 is 14.6 Å². The second-order valence-corrected chi connectivity index (χ2v) is 10.2. The SMILES string of the molecule is Cc1c(C(OC(C)(C)C)C(=O)O)c(-c2ccc(Cl)cc2)c2ccccc2c1CCCN(C)C. The van der Waals surface area contributed by atoms with Crippen LogP contribution in [-0.2, 0) is 16.0 Å². The molecule has 0 aliphatic heterocycles. The van der Waals surface area contributed by atoms with Gasteiger partial charge in [0.25, 0.3) is 0 Å². The van der Waals surface area contributed by atoms with Crippen LogP contribution in [0.15, 0.2) is 48.5 Å². The summed E-state index contributed by atoms with van der Waals surface area (Å²) in [4.78, 5) is 14.7. The lowest BCUT2D eigenvalue weighted by Gasteiger charge is -2.30. The molecule has 0 aliphatic carbocycles. The number of rotatable bonds is 8. The number of aliphatic carboxylic acids is 1. The van der Waals surface area contributed by atoms with Gasteiger partial charge in [0.2, 0.25) is 0 Å². The molecule has 0 saturated carbocycles. The summed E-state index contributed by atoms with van der Waals surface area (Å²) in [5.74, 6) is -0.988. The first kappa shape index (κ1) is 25.2. The highest BCUT2D eigenvalue weighted by Crippen LogP contribution is 2.43. The van der Waals surface area contributed by atoms with Crippen LogP contribution in [0.25, 0.3) is 21.9 Å². The van der Waals surface area contributed by atoms with Crippen molar-refractivity contribution in [3.05, 3.63) is 70.2 Å². The van der Waals surface area contributed by atoms with Crippen LogP contribution in [0.3, 0.4) is 0 Å². The number of fused-ring (bicyclic) bond motifs is 1. The molecule has 3 aromatic carbocycles. The van der Waals surface area contributed by atoms with Gasteiger partial charge in [0, 0.05) is 10.6 Å². The van der Waals surface area contributed by atoms with E-state index in [-0.39, 0.29) is 0 Å². The molecule has 0 amide bonds. The highest BCUT2D eigenvalue weighted by Gasteiger charge is 2.32. The van der Waals surface area contributed by atoms with Gasteiger partial charge < -0.3 is 14.7 Å². The lowest BCUT2D eigenvalue weighted by Crippen LogP contribution is -2.28. The molecular weight excluding hydrogens is 434 g/mol. The topological polar surface area (TPSA) is 49.8 Å². The Morgan fingerprint density at radius 3 is 2.21 bits per heavy atom. The van der Waals surface area contributed by atoms with E-state index in [1.54, 1.807) is 0 Å². The number of carboxylic acids is 1. The van der Waals surface area contributed by atoms with Gasteiger partial charge in [-0.2, -0.15) is 0 Å². The summed E-state index contributed by atoms with van der Waals surface area (Å²) >= 11 is 6.17. The predicted molar refractivity (Wildman–Crippen MR) is 137 cm³/mol. The van der Waals surface area contributed by atoms with Crippen LogP contribution in [0.5, 0.6) is 0 Å². The third-order valence-corrected chi connectivity index (χ3v) is 6.02. The number of nitrogens with zero attached hydrogens (tertiary/aromatic N) is 1. The van der Waals surface area contributed by atoms with E-state index >= 15 is 0 Å². The van der Waals surface area contributed by atoms with Crippen molar-refractivity contribution in [1.29, 1.82) is 0 Å². The minimum absolute atomic E-state index is 0.622. The second-order valence-electron chi connectivity index (χ2n) is 9.80. The van der Waals surface area contributed by atoms with Gasteiger partial charge in [-0.05, 0) is 106 Å². The third kappa shape index (κ3) is 5.94. The van der Waals surface area contributed by atoms with Gasteiger partial charge in [0.15, 0.2) is 6.10 Å². The van der Waals surface area contributed by atoms with E-state index in [9.17, 15) is 9.90 Å². The second kappa shape index (κ2) is 10.3. The molecule has 0 fully saturated rings. The fraction of sp³-hybridized carbons (Fsp3) is 0.393. The smallest absolute Gasteiger partial charge is 0.337 e. The molecule has 0 spiro atoms. The first-order valence-electron chi connectivity index (χ1n) is 11.3.